The van der Waals surface area contributed by atoms with Crippen molar-refractivity contribution in [1.29, 1.82) is 0 Å². The molecule has 1 aromatic rings. The second kappa shape index (κ2) is 14.5. The SMILES string of the molecule is O=C(O)C=CC(=O)O.O=C1C2CCC(O)CC2C(=O)N1CCCN1CCN(c2ccccc2OC2CCCC2)CC1. The number of carbonyl (C=O) groups excluding carboxylic acids is 2. The molecule has 11 heteroatoms. The molecule has 41 heavy (non-hydrogen) atoms. The number of aliphatic hydroxyl groups is 1. The molecular formula is C30H41N3O8. The van der Waals surface area contributed by atoms with Crippen molar-refractivity contribution in [2.75, 3.05) is 44.2 Å². The molecule has 5 rings (SSSR count). The van der Waals surface area contributed by atoms with Gasteiger partial charge in [0.05, 0.1) is 29.7 Å². The van der Waals surface area contributed by atoms with Crippen LogP contribution in [-0.2, 0) is 19.2 Å². The van der Waals surface area contributed by atoms with Gasteiger partial charge in [-0.15, -0.1) is 0 Å². The fourth-order valence-electron chi connectivity index (χ4n) is 6.26. The van der Waals surface area contributed by atoms with E-state index in [0.717, 1.165) is 57.7 Å². The van der Waals surface area contributed by atoms with Gasteiger partial charge in [0, 0.05) is 44.9 Å². The number of nitrogens with zero attached hydrogens (tertiary/aromatic N) is 3. The molecule has 0 aromatic heterocycles. The third-order valence-corrected chi connectivity index (χ3v) is 8.39. The molecule has 2 aliphatic heterocycles. The number of para-hydroxylation sites is 2. The predicted octanol–water partition coefficient (Wildman–Crippen LogP) is 2.38. The molecule has 3 atom stereocenters. The largest absolute Gasteiger partial charge is 0.488 e. The van der Waals surface area contributed by atoms with Crippen molar-refractivity contribution in [3.05, 3.63) is 36.4 Å². The molecule has 2 amide bonds. The van der Waals surface area contributed by atoms with Crippen molar-refractivity contribution in [2.45, 2.75) is 63.6 Å². The number of piperazine rings is 1. The molecular weight excluding hydrogens is 530 g/mol. The number of aliphatic hydroxyl groups excluding tert-OH is 1. The maximum absolute atomic E-state index is 12.7. The first-order chi connectivity index (χ1) is 19.7. The Morgan fingerprint density at radius 3 is 2.15 bits per heavy atom. The molecule has 2 saturated carbocycles. The van der Waals surface area contributed by atoms with Crippen molar-refractivity contribution in [2.24, 2.45) is 11.8 Å². The van der Waals surface area contributed by atoms with E-state index < -0.39 is 18.0 Å². The number of benzene rings is 1. The number of carbonyl (C=O) groups is 4. The quantitative estimate of drug-likeness (QED) is 0.298. The topological polar surface area (TPSA) is 148 Å². The zero-order valence-electron chi connectivity index (χ0n) is 23.4. The number of aliphatic carboxylic acids is 2. The molecule has 224 valence electrons. The maximum Gasteiger partial charge on any atom is 0.328 e. The molecule has 11 nitrogen and oxygen atoms in total. The van der Waals surface area contributed by atoms with Crippen LogP contribution in [0.3, 0.4) is 0 Å². The van der Waals surface area contributed by atoms with E-state index in [2.05, 4.69) is 34.1 Å². The maximum atomic E-state index is 12.7. The van der Waals surface area contributed by atoms with Gasteiger partial charge in [-0.25, -0.2) is 9.59 Å². The highest BCUT2D eigenvalue weighted by Gasteiger charge is 2.49. The van der Waals surface area contributed by atoms with Crippen LogP contribution in [0.4, 0.5) is 5.69 Å². The predicted molar refractivity (Wildman–Crippen MR) is 151 cm³/mol. The number of carboxylic acid groups (broad SMARTS) is 2. The second-order valence-electron chi connectivity index (χ2n) is 11.2. The minimum atomic E-state index is -1.26. The van der Waals surface area contributed by atoms with Gasteiger partial charge in [0.1, 0.15) is 5.75 Å². The number of fused-ring (bicyclic) bond motifs is 1. The van der Waals surface area contributed by atoms with Gasteiger partial charge in [-0.1, -0.05) is 12.1 Å². The van der Waals surface area contributed by atoms with E-state index in [4.69, 9.17) is 14.9 Å². The molecule has 3 unspecified atom stereocenters. The van der Waals surface area contributed by atoms with E-state index in [1.54, 1.807) is 0 Å². The molecule has 4 aliphatic rings. The fraction of sp³-hybridized carbons (Fsp3) is 0.600. The molecule has 4 fully saturated rings. The van der Waals surface area contributed by atoms with Crippen LogP contribution < -0.4 is 9.64 Å². The highest BCUT2D eigenvalue weighted by atomic mass is 16.5. The summed E-state index contributed by atoms with van der Waals surface area (Å²) in [6, 6.07) is 8.41. The van der Waals surface area contributed by atoms with Gasteiger partial charge in [0.25, 0.3) is 0 Å². The fourth-order valence-corrected chi connectivity index (χ4v) is 6.26. The van der Waals surface area contributed by atoms with Gasteiger partial charge in [-0.2, -0.15) is 0 Å². The van der Waals surface area contributed by atoms with Crippen molar-refractivity contribution in [3.63, 3.8) is 0 Å². The van der Waals surface area contributed by atoms with Gasteiger partial charge in [0.15, 0.2) is 0 Å². The van der Waals surface area contributed by atoms with Gasteiger partial charge < -0.3 is 25.0 Å². The molecule has 2 heterocycles. The third-order valence-electron chi connectivity index (χ3n) is 8.39. The van der Waals surface area contributed by atoms with Gasteiger partial charge in [-0.3, -0.25) is 19.4 Å². The number of carboxylic acids is 2. The van der Waals surface area contributed by atoms with E-state index in [1.165, 1.54) is 23.4 Å². The van der Waals surface area contributed by atoms with Crippen LogP contribution in [0.1, 0.15) is 51.4 Å². The number of anilines is 1. The Hall–Kier alpha value is -3.44. The van der Waals surface area contributed by atoms with Gasteiger partial charge in [-0.05, 0) is 70.0 Å². The number of amides is 2. The summed E-state index contributed by atoms with van der Waals surface area (Å²) in [5.41, 5.74) is 1.20. The van der Waals surface area contributed by atoms with Crippen LogP contribution in [-0.4, -0.2) is 100 Å². The van der Waals surface area contributed by atoms with Crippen LogP contribution in [0.5, 0.6) is 5.75 Å². The van der Waals surface area contributed by atoms with Crippen LogP contribution in [0.2, 0.25) is 0 Å². The highest BCUT2D eigenvalue weighted by molar-refractivity contribution is 6.05. The second-order valence-corrected chi connectivity index (χ2v) is 11.2. The number of ether oxygens (including phenoxy) is 1. The van der Waals surface area contributed by atoms with E-state index in [-0.39, 0.29) is 23.7 Å². The minimum absolute atomic E-state index is 0.0133. The first-order valence-corrected chi connectivity index (χ1v) is 14.6. The van der Waals surface area contributed by atoms with Crippen molar-refractivity contribution < 1.29 is 39.2 Å². The summed E-state index contributed by atoms with van der Waals surface area (Å²) < 4.78 is 6.33. The average molecular weight is 572 g/mol. The Morgan fingerprint density at radius 2 is 1.49 bits per heavy atom. The van der Waals surface area contributed by atoms with Crippen LogP contribution >= 0.6 is 0 Å². The summed E-state index contributed by atoms with van der Waals surface area (Å²) in [4.78, 5) is 50.8. The normalized spacial score (nSPS) is 25.2. The Kier molecular flexibility index (Phi) is 10.8. The molecule has 3 N–H and O–H groups in total. The Bertz CT molecular complexity index is 1090. The van der Waals surface area contributed by atoms with Crippen molar-refractivity contribution in [1.82, 2.24) is 9.80 Å². The summed E-state index contributed by atoms with van der Waals surface area (Å²) in [6.45, 7) is 5.24. The molecule has 1 aromatic carbocycles. The number of rotatable bonds is 9. The van der Waals surface area contributed by atoms with E-state index in [9.17, 15) is 24.3 Å². The Balaban J connectivity index is 0.000000426. The Morgan fingerprint density at radius 1 is 0.854 bits per heavy atom. The average Bonchev–Trinajstić information content (AvgIpc) is 3.55. The smallest absolute Gasteiger partial charge is 0.328 e. The number of hydrogen-bond donors (Lipinski definition) is 3. The summed E-state index contributed by atoms with van der Waals surface area (Å²) in [5.74, 6) is -2.07. The summed E-state index contributed by atoms with van der Waals surface area (Å²) in [7, 11) is 0. The van der Waals surface area contributed by atoms with E-state index >= 15 is 0 Å². The lowest BCUT2D eigenvalue weighted by Gasteiger charge is -2.37. The van der Waals surface area contributed by atoms with Crippen LogP contribution in [0, 0.1) is 11.8 Å². The molecule has 2 saturated heterocycles. The van der Waals surface area contributed by atoms with Crippen LogP contribution in [0.25, 0.3) is 0 Å². The Labute approximate surface area is 240 Å². The van der Waals surface area contributed by atoms with Crippen molar-refractivity contribution >= 4 is 29.4 Å². The molecule has 0 spiro atoms. The zero-order chi connectivity index (χ0) is 29.4. The minimum Gasteiger partial charge on any atom is -0.488 e. The van der Waals surface area contributed by atoms with E-state index in [1.807, 2.05) is 0 Å². The molecule has 2 aliphatic carbocycles. The summed E-state index contributed by atoms with van der Waals surface area (Å²) in [6.07, 6.45) is 8.41. The monoisotopic (exact) mass is 571 g/mol. The molecule has 0 bridgehead atoms. The van der Waals surface area contributed by atoms with Gasteiger partial charge >= 0.3 is 11.9 Å². The highest BCUT2D eigenvalue weighted by Crippen LogP contribution is 2.38. The van der Waals surface area contributed by atoms with Crippen LogP contribution in [0.15, 0.2) is 36.4 Å². The summed E-state index contributed by atoms with van der Waals surface area (Å²) in [5, 5.41) is 25.5. The third kappa shape index (κ3) is 8.29. The first-order valence-electron chi connectivity index (χ1n) is 14.6. The number of hydrogen-bond acceptors (Lipinski definition) is 8. The lowest BCUT2D eigenvalue weighted by atomic mass is 9.80. The number of likely N-dealkylation sites (tertiary alicyclic amines) is 1. The lowest BCUT2D eigenvalue weighted by molar-refractivity contribution is -0.140. The number of imide groups is 1. The van der Waals surface area contributed by atoms with Gasteiger partial charge in [0.2, 0.25) is 11.8 Å². The standard InChI is InChI=1S/C26H37N3O4.C4H4O4/c30-19-10-11-21-22(18-19)26(32)29(25(21)31)13-5-12-27-14-16-28(17-15-27)23-8-3-4-9-24(23)33-20-6-1-2-7-20;5-3(6)1-2-4(7)8/h3-4,8-9,19-22,30H,1-2,5-7,10-18H2;1-2H,(H,5,6)(H,7,8). The first kappa shape index (κ1) is 30.5. The summed E-state index contributed by atoms with van der Waals surface area (Å²) >= 11 is 0. The zero-order valence-corrected chi connectivity index (χ0v) is 23.4. The van der Waals surface area contributed by atoms with E-state index in [0.29, 0.717) is 44.1 Å². The van der Waals surface area contributed by atoms with Crippen molar-refractivity contribution in [3.8, 4) is 5.75 Å². The lowest BCUT2D eigenvalue weighted by Crippen LogP contribution is -2.47. The molecule has 0 radical (unpaired) electrons.